The molecule has 0 saturated heterocycles. The molecule has 2 aromatic carbocycles. The van der Waals surface area contributed by atoms with E-state index in [0.29, 0.717) is 13.1 Å². The Morgan fingerprint density at radius 1 is 1.25 bits per heavy atom. The maximum absolute atomic E-state index is 12.7. The van der Waals surface area contributed by atoms with Crippen LogP contribution in [-0.4, -0.2) is 18.0 Å². The van der Waals surface area contributed by atoms with Crippen LogP contribution in [0.1, 0.15) is 23.1 Å². The third kappa shape index (κ3) is 3.27. The zero-order valence-corrected chi connectivity index (χ0v) is 13.9. The van der Waals surface area contributed by atoms with Crippen molar-refractivity contribution in [1.82, 2.24) is 4.90 Å². The van der Waals surface area contributed by atoms with Gasteiger partial charge in [-0.2, -0.15) is 0 Å². The summed E-state index contributed by atoms with van der Waals surface area (Å²) >= 11 is 0. The first-order valence-electron chi connectivity index (χ1n) is 8.12. The summed E-state index contributed by atoms with van der Waals surface area (Å²) in [5.74, 6) is 0.842. The first-order chi connectivity index (χ1) is 11.7. The molecule has 4 nitrogen and oxygen atoms in total. The molecule has 2 amide bonds. The van der Waals surface area contributed by atoms with Crippen LogP contribution in [0.15, 0.2) is 55.1 Å². The van der Waals surface area contributed by atoms with Crippen LogP contribution in [0, 0.1) is 0 Å². The standard InChI is InChI=1S/C20H22N2O2/c1-3-4-8-15-9-5-6-11-18(15)21-20(23)22-13-16-10-7-12-19(24-2)17(16)14-22/h3,5-7,9-12H,1,4,8,13-14H2,2H3,(H,21,23). The molecule has 0 unspecified atom stereocenters. The van der Waals surface area contributed by atoms with Crippen molar-refractivity contribution in [2.75, 3.05) is 12.4 Å². The number of amides is 2. The summed E-state index contributed by atoms with van der Waals surface area (Å²) < 4.78 is 5.40. The van der Waals surface area contributed by atoms with Gasteiger partial charge in [-0.05, 0) is 36.1 Å². The van der Waals surface area contributed by atoms with Gasteiger partial charge in [-0.25, -0.2) is 4.79 Å². The largest absolute Gasteiger partial charge is 0.496 e. The second-order valence-electron chi connectivity index (χ2n) is 5.87. The smallest absolute Gasteiger partial charge is 0.322 e. The average molecular weight is 322 g/mol. The monoisotopic (exact) mass is 322 g/mol. The highest BCUT2D eigenvalue weighted by molar-refractivity contribution is 5.90. The summed E-state index contributed by atoms with van der Waals surface area (Å²) in [5.41, 5.74) is 4.23. The summed E-state index contributed by atoms with van der Waals surface area (Å²) in [6.45, 7) is 4.94. The lowest BCUT2D eigenvalue weighted by molar-refractivity contribution is 0.212. The molecule has 0 aromatic heterocycles. The Hall–Kier alpha value is -2.75. The molecule has 0 atom stereocenters. The van der Waals surface area contributed by atoms with E-state index < -0.39 is 0 Å². The number of ether oxygens (including phenoxy) is 1. The summed E-state index contributed by atoms with van der Waals surface area (Å²) in [5, 5.41) is 3.05. The van der Waals surface area contributed by atoms with E-state index in [1.165, 1.54) is 0 Å². The molecule has 0 aliphatic carbocycles. The van der Waals surface area contributed by atoms with E-state index in [-0.39, 0.29) is 6.03 Å². The van der Waals surface area contributed by atoms with Crippen molar-refractivity contribution in [2.45, 2.75) is 25.9 Å². The first-order valence-corrected chi connectivity index (χ1v) is 8.12. The van der Waals surface area contributed by atoms with E-state index >= 15 is 0 Å². The molecule has 3 rings (SSSR count). The van der Waals surface area contributed by atoms with Crippen LogP contribution >= 0.6 is 0 Å². The Balaban J connectivity index is 1.72. The number of fused-ring (bicyclic) bond motifs is 1. The summed E-state index contributed by atoms with van der Waals surface area (Å²) in [7, 11) is 1.66. The van der Waals surface area contributed by atoms with Crippen molar-refractivity contribution in [3.05, 3.63) is 71.8 Å². The molecule has 1 heterocycles. The number of carbonyl (C=O) groups is 1. The second kappa shape index (κ2) is 7.21. The van der Waals surface area contributed by atoms with Gasteiger partial charge in [0.1, 0.15) is 5.75 Å². The highest BCUT2D eigenvalue weighted by atomic mass is 16.5. The first kappa shape index (κ1) is 16.1. The highest BCUT2D eigenvalue weighted by Crippen LogP contribution is 2.31. The van der Waals surface area contributed by atoms with Crippen LogP contribution in [-0.2, 0) is 19.5 Å². The van der Waals surface area contributed by atoms with Gasteiger partial charge in [0.15, 0.2) is 0 Å². The van der Waals surface area contributed by atoms with Gasteiger partial charge in [-0.15, -0.1) is 6.58 Å². The van der Waals surface area contributed by atoms with Crippen molar-refractivity contribution in [1.29, 1.82) is 0 Å². The quantitative estimate of drug-likeness (QED) is 0.831. The zero-order chi connectivity index (χ0) is 16.9. The number of hydrogen-bond acceptors (Lipinski definition) is 2. The third-order valence-electron chi connectivity index (χ3n) is 4.32. The van der Waals surface area contributed by atoms with Gasteiger partial charge in [0.2, 0.25) is 0 Å². The molecule has 4 heteroatoms. The number of carbonyl (C=O) groups excluding carboxylic acids is 1. The van der Waals surface area contributed by atoms with E-state index in [9.17, 15) is 4.79 Å². The predicted octanol–water partition coefficient (Wildman–Crippen LogP) is 4.36. The lowest BCUT2D eigenvalue weighted by Gasteiger charge is -2.18. The molecule has 0 fully saturated rings. The van der Waals surface area contributed by atoms with Crippen LogP contribution in [0.2, 0.25) is 0 Å². The second-order valence-corrected chi connectivity index (χ2v) is 5.87. The van der Waals surface area contributed by atoms with E-state index in [0.717, 1.165) is 41.0 Å². The highest BCUT2D eigenvalue weighted by Gasteiger charge is 2.26. The molecule has 1 aliphatic rings. The van der Waals surface area contributed by atoms with Crippen molar-refractivity contribution in [2.24, 2.45) is 0 Å². The third-order valence-corrected chi connectivity index (χ3v) is 4.32. The number of anilines is 1. The fraction of sp³-hybridized carbons (Fsp3) is 0.250. The topological polar surface area (TPSA) is 41.6 Å². The maximum Gasteiger partial charge on any atom is 0.322 e. The van der Waals surface area contributed by atoms with Gasteiger partial charge in [0.25, 0.3) is 0 Å². The predicted molar refractivity (Wildman–Crippen MR) is 96.2 cm³/mol. The SMILES string of the molecule is C=CCCc1ccccc1NC(=O)N1Cc2cccc(OC)c2C1. The summed E-state index contributed by atoms with van der Waals surface area (Å²) in [4.78, 5) is 14.5. The van der Waals surface area contributed by atoms with Crippen LogP contribution in [0.3, 0.4) is 0 Å². The number of allylic oxidation sites excluding steroid dienone is 1. The molecule has 0 spiro atoms. The van der Waals surface area contributed by atoms with Crippen LogP contribution in [0.4, 0.5) is 10.5 Å². The number of rotatable bonds is 5. The van der Waals surface area contributed by atoms with Crippen LogP contribution in [0.25, 0.3) is 0 Å². The molecular formula is C20H22N2O2. The lowest BCUT2D eigenvalue weighted by Crippen LogP contribution is -2.30. The van der Waals surface area contributed by atoms with Crippen molar-refractivity contribution < 1.29 is 9.53 Å². The minimum Gasteiger partial charge on any atom is -0.496 e. The van der Waals surface area contributed by atoms with Crippen molar-refractivity contribution in [3.63, 3.8) is 0 Å². The fourth-order valence-electron chi connectivity index (χ4n) is 3.04. The van der Waals surface area contributed by atoms with Crippen LogP contribution in [0.5, 0.6) is 5.75 Å². The zero-order valence-electron chi connectivity index (χ0n) is 13.9. The normalized spacial score (nSPS) is 12.6. The Morgan fingerprint density at radius 2 is 2.08 bits per heavy atom. The number of benzene rings is 2. The molecule has 0 bridgehead atoms. The van der Waals surface area contributed by atoms with E-state index in [4.69, 9.17) is 4.74 Å². The van der Waals surface area contributed by atoms with E-state index in [2.05, 4.69) is 11.9 Å². The average Bonchev–Trinajstić information content (AvgIpc) is 3.05. The maximum atomic E-state index is 12.7. The minimum atomic E-state index is -0.0840. The number of nitrogens with one attached hydrogen (secondary N) is 1. The molecule has 0 radical (unpaired) electrons. The van der Waals surface area contributed by atoms with Gasteiger partial charge >= 0.3 is 6.03 Å². The molecule has 1 N–H and O–H groups in total. The van der Waals surface area contributed by atoms with Crippen molar-refractivity contribution in [3.8, 4) is 5.75 Å². The Labute approximate surface area is 142 Å². The number of para-hydroxylation sites is 1. The summed E-state index contributed by atoms with van der Waals surface area (Å²) in [6, 6.07) is 13.8. The van der Waals surface area contributed by atoms with Gasteiger partial charge in [-0.1, -0.05) is 36.4 Å². The van der Waals surface area contributed by atoms with Crippen molar-refractivity contribution >= 4 is 11.7 Å². The van der Waals surface area contributed by atoms with Gasteiger partial charge in [0, 0.05) is 17.8 Å². The van der Waals surface area contributed by atoms with E-state index in [1.807, 2.05) is 48.5 Å². The number of urea groups is 1. The Kier molecular flexibility index (Phi) is 4.85. The van der Waals surface area contributed by atoms with Gasteiger partial charge in [0.05, 0.1) is 13.7 Å². The van der Waals surface area contributed by atoms with E-state index in [1.54, 1.807) is 12.0 Å². The fourth-order valence-corrected chi connectivity index (χ4v) is 3.04. The molecule has 2 aromatic rings. The molecular weight excluding hydrogens is 300 g/mol. The van der Waals surface area contributed by atoms with Gasteiger partial charge in [-0.3, -0.25) is 0 Å². The number of methoxy groups -OCH3 is 1. The molecule has 1 aliphatic heterocycles. The molecule has 0 saturated carbocycles. The molecule has 24 heavy (non-hydrogen) atoms. The van der Waals surface area contributed by atoms with Crippen LogP contribution < -0.4 is 10.1 Å². The minimum absolute atomic E-state index is 0.0840. The number of aryl methyl sites for hydroxylation is 1. The number of nitrogens with zero attached hydrogens (tertiary/aromatic N) is 1. The Morgan fingerprint density at radius 3 is 2.88 bits per heavy atom. The molecule has 124 valence electrons. The lowest BCUT2D eigenvalue weighted by atomic mass is 10.1. The Bertz CT molecular complexity index is 755. The summed E-state index contributed by atoms with van der Waals surface area (Å²) in [6.07, 6.45) is 3.65. The van der Waals surface area contributed by atoms with Gasteiger partial charge < -0.3 is 15.0 Å². The number of hydrogen-bond donors (Lipinski definition) is 1.